The summed E-state index contributed by atoms with van der Waals surface area (Å²) in [6, 6.07) is 4.76. The molecule has 0 bridgehead atoms. The minimum atomic E-state index is -0.399. The molecule has 0 spiro atoms. The normalized spacial score (nSPS) is 19.5. The van der Waals surface area contributed by atoms with Crippen molar-refractivity contribution in [3.8, 4) is 0 Å². The van der Waals surface area contributed by atoms with Crippen LogP contribution in [0.4, 0.5) is 11.4 Å². The first-order valence-corrected chi connectivity index (χ1v) is 6.44. The number of halogens is 1. The zero-order valence-electron chi connectivity index (χ0n) is 10.6. The molecule has 2 rings (SSSR count). The highest BCUT2D eigenvalue weighted by Crippen LogP contribution is 2.31. The Kier molecular flexibility index (Phi) is 4.57. The van der Waals surface area contributed by atoms with Crippen LogP contribution in [-0.2, 0) is 4.74 Å². The van der Waals surface area contributed by atoms with Gasteiger partial charge in [0.1, 0.15) is 5.69 Å². The summed E-state index contributed by atoms with van der Waals surface area (Å²) in [7, 11) is 1.85. The van der Waals surface area contributed by atoms with Crippen LogP contribution in [0.3, 0.4) is 0 Å². The van der Waals surface area contributed by atoms with Gasteiger partial charge in [-0.15, -0.1) is 0 Å². The number of rotatable bonds is 4. The number of morpholine rings is 1. The Morgan fingerprint density at radius 1 is 1.63 bits per heavy atom. The molecule has 6 nitrogen and oxygen atoms in total. The van der Waals surface area contributed by atoms with Gasteiger partial charge in [0.05, 0.1) is 17.6 Å². The molecule has 7 heteroatoms. The van der Waals surface area contributed by atoms with Gasteiger partial charge in [0, 0.05) is 30.7 Å². The molecule has 1 fully saturated rings. The number of nitro groups is 1. The molecule has 0 aromatic heterocycles. The Labute approximate surface area is 116 Å². The van der Waals surface area contributed by atoms with E-state index in [0.717, 1.165) is 6.54 Å². The van der Waals surface area contributed by atoms with Crippen molar-refractivity contribution in [3.05, 3.63) is 33.3 Å². The summed E-state index contributed by atoms with van der Waals surface area (Å²) in [5, 5.41) is 14.5. The third kappa shape index (κ3) is 3.34. The molecule has 0 radical (unpaired) electrons. The van der Waals surface area contributed by atoms with Crippen LogP contribution in [0.25, 0.3) is 0 Å². The first-order chi connectivity index (χ1) is 9.11. The minimum Gasteiger partial charge on any atom is -0.373 e. The van der Waals surface area contributed by atoms with Gasteiger partial charge in [-0.3, -0.25) is 10.1 Å². The molecule has 1 aliphatic rings. The van der Waals surface area contributed by atoms with Gasteiger partial charge in [0.25, 0.3) is 5.69 Å². The van der Waals surface area contributed by atoms with E-state index in [1.807, 2.05) is 11.9 Å². The zero-order valence-corrected chi connectivity index (χ0v) is 11.4. The van der Waals surface area contributed by atoms with Crippen molar-refractivity contribution in [1.29, 1.82) is 0 Å². The molecule has 1 aromatic rings. The maximum absolute atomic E-state index is 11.1. The van der Waals surface area contributed by atoms with E-state index in [-0.39, 0.29) is 11.8 Å². The van der Waals surface area contributed by atoms with Gasteiger partial charge < -0.3 is 15.0 Å². The monoisotopic (exact) mass is 285 g/mol. The van der Waals surface area contributed by atoms with Crippen LogP contribution >= 0.6 is 11.6 Å². The van der Waals surface area contributed by atoms with Gasteiger partial charge in [0.2, 0.25) is 0 Å². The Balaban J connectivity index is 2.23. The Hall–Kier alpha value is -1.37. The second-order valence-electron chi connectivity index (χ2n) is 4.39. The number of nitro benzene ring substituents is 1. The molecule has 1 saturated heterocycles. The molecule has 0 aliphatic carbocycles. The molecule has 104 valence electrons. The number of nitrogens with one attached hydrogen (secondary N) is 1. The van der Waals surface area contributed by atoms with Gasteiger partial charge in [-0.1, -0.05) is 11.6 Å². The average molecular weight is 286 g/mol. The maximum Gasteiger partial charge on any atom is 0.294 e. The van der Waals surface area contributed by atoms with Crippen LogP contribution in [0.1, 0.15) is 0 Å². The third-order valence-electron chi connectivity index (χ3n) is 3.05. The smallest absolute Gasteiger partial charge is 0.294 e. The van der Waals surface area contributed by atoms with E-state index in [9.17, 15) is 10.1 Å². The lowest BCUT2D eigenvalue weighted by molar-refractivity contribution is -0.384. The van der Waals surface area contributed by atoms with Gasteiger partial charge >= 0.3 is 0 Å². The van der Waals surface area contributed by atoms with Gasteiger partial charge in [-0.05, 0) is 19.2 Å². The lowest BCUT2D eigenvalue weighted by atomic mass is 10.2. The van der Waals surface area contributed by atoms with E-state index >= 15 is 0 Å². The summed E-state index contributed by atoms with van der Waals surface area (Å²) in [6.07, 6.45) is 0.0361. The van der Waals surface area contributed by atoms with Crippen molar-refractivity contribution in [3.63, 3.8) is 0 Å². The molecule has 1 aliphatic heterocycles. The summed E-state index contributed by atoms with van der Waals surface area (Å²) < 4.78 is 5.59. The number of hydrogen-bond acceptors (Lipinski definition) is 5. The lowest BCUT2D eigenvalue weighted by Crippen LogP contribution is -2.46. The number of anilines is 1. The molecular formula is C12H16ClN3O3. The van der Waals surface area contributed by atoms with Crippen molar-refractivity contribution in [2.24, 2.45) is 0 Å². The Morgan fingerprint density at radius 3 is 3.11 bits per heavy atom. The molecule has 1 heterocycles. The van der Waals surface area contributed by atoms with Gasteiger partial charge in [-0.25, -0.2) is 0 Å². The Bertz CT molecular complexity index is 468. The molecule has 1 atom stereocenters. The summed E-state index contributed by atoms with van der Waals surface area (Å²) in [6.45, 7) is 2.55. The predicted octanol–water partition coefficient (Wildman–Crippen LogP) is 1.67. The van der Waals surface area contributed by atoms with Gasteiger partial charge in [0.15, 0.2) is 0 Å². The van der Waals surface area contributed by atoms with Crippen LogP contribution in [0.2, 0.25) is 5.02 Å². The van der Waals surface area contributed by atoms with Crippen LogP contribution < -0.4 is 10.2 Å². The second kappa shape index (κ2) is 6.18. The highest BCUT2D eigenvalue weighted by atomic mass is 35.5. The summed E-state index contributed by atoms with van der Waals surface area (Å²) in [5.74, 6) is 0. The fraction of sp³-hybridized carbons (Fsp3) is 0.500. The molecule has 0 amide bonds. The van der Waals surface area contributed by atoms with Crippen molar-refractivity contribution in [2.75, 3.05) is 38.2 Å². The molecule has 1 unspecified atom stereocenters. The predicted molar refractivity (Wildman–Crippen MR) is 74.0 cm³/mol. The maximum atomic E-state index is 11.1. The number of likely N-dealkylation sites (N-methyl/N-ethyl adjacent to an activating group) is 1. The topological polar surface area (TPSA) is 67.6 Å². The fourth-order valence-electron chi connectivity index (χ4n) is 2.20. The highest BCUT2D eigenvalue weighted by molar-refractivity contribution is 6.30. The van der Waals surface area contributed by atoms with Crippen LogP contribution in [0.5, 0.6) is 0 Å². The lowest BCUT2D eigenvalue weighted by Gasteiger charge is -2.34. The molecular weight excluding hydrogens is 270 g/mol. The van der Waals surface area contributed by atoms with Crippen LogP contribution in [0, 0.1) is 10.1 Å². The van der Waals surface area contributed by atoms with E-state index in [4.69, 9.17) is 16.3 Å². The molecule has 1 aromatic carbocycles. The van der Waals surface area contributed by atoms with Crippen molar-refractivity contribution in [1.82, 2.24) is 5.32 Å². The van der Waals surface area contributed by atoms with Crippen LogP contribution in [-0.4, -0.2) is 44.3 Å². The van der Waals surface area contributed by atoms with E-state index in [2.05, 4.69) is 5.32 Å². The van der Waals surface area contributed by atoms with Gasteiger partial charge in [-0.2, -0.15) is 0 Å². The largest absolute Gasteiger partial charge is 0.373 e. The zero-order chi connectivity index (χ0) is 13.8. The fourth-order valence-corrected chi connectivity index (χ4v) is 2.37. The standard InChI is InChI=1S/C12H16ClN3O3/c1-14-7-10-8-15(4-5-19-10)11-3-2-9(13)6-12(11)16(17)18/h2-3,6,10,14H,4-5,7-8H2,1H3. The summed E-state index contributed by atoms with van der Waals surface area (Å²) in [4.78, 5) is 12.7. The third-order valence-corrected chi connectivity index (χ3v) is 3.28. The van der Waals surface area contributed by atoms with E-state index in [0.29, 0.717) is 30.4 Å². The van der Waals surface area contributed by atoms with Crippen molar-refractivity contribution >= 4 is 23.0 Å². The molecule has 1 N–H and O–H groups in total. The Morgan fingerprint density at radius 2 is 2.42 bits per heavy atom. The van der Waals surface area contributed by atoms with Crippen molar-refractivity contribution < 1.29 is 9.66 Å². The number of hydrogen-bond donors (Lipinski definition) is 1. The first kappa shape index (κ1) is 14.0. The summed E-state index contributed by atoms with van der Waals surface area (Å²) in [5.41, 5.74) is 0.636. The quantitative estimate of drug-likeness (QED) is 0.673. The number of ether oxygens (including phenoxy) is 1. The van der Waals surface area contributed by atoms with Crippen molar-refractivity contribution in [2.45, 2.75) is 6.10 Å². The van der Waals surface area contributed by atoms with Crippen LogP contribution in [0.15, 0.2) is 18.2 Å². The number of benzene rings is 1. The van der Waals surface area contributed by atoms with E-state index in [1.54, 1.807) is 12.1 Å². The second-order valence-corrected chi connectivity index (χ2v) is 4.82. The van der Waals surface area contributed by atoms with E-state index in [1.165, 1.54) is 6.07 Å². The molecule has 0 saturated carbocycles. The minimum absolute atomic E-state index is 0.0361. The SMILES string of the molecule is CNCC1CN(c2ccc(Cl)cc2[N+](=O)[O-])CCO1. The number of nitrogens with zero attached hydrogens (tertiary/aromatic N) is 2. The summed E-state index contributed by atoms with van der Waals surface area (Å²) >= 11 is 5.82. The first-order valence-electron chi connectivity index (χ1n) is 6.07. The average Bonchev–Trinajstić information content (AvgIpc) is 2.39. The highest BCUT2D eigenvalue weighted by Gasteiger charge is 2.25. The van der Waals surface area contributed by atoms with E-state index < -0.39 is 4.92 Å². The molecule has 19 heavy (non-hydrogen) atoms.